The van der Waals surface area contributed by atoms with E-state index in [0.717, 1.165) is 18.4 Å². The zero-order valence-corrected chi connectivity index (χ0v) is 23.1. The number of nitrogens with zero attached hydrogens (tertiary/aromatic N) is 2. The third-order valence-corrected chi connectivity index (χ3v) is 6.94. The fourth-order valence-corrected chi connectivity index (χ4v) is 4.71. The van der Waals surface area contributed by atoms with Gasteiger partial charge in [-0.1, -0.05) is 86.1 Å². The summed E-state index contributed by atoms with van der Waals surface area (Å²) >= 11 is 0. The summed E-state index contributed by atoms with van der Waals surface area (Å²) in [6, 6.07) is 24.1. The third-order valence-electron chi connectivity index (χ3n) is 6.94. The van der Waals surface area contributed by atoms with Gasteiger partial charge < -0.3 is 20.5 Å². The molecule has 0 aliphatic rings. The van der Waals surface area contributed by atoms with E-state index in [1.54, 1.807) is 49.1 Å². The molecule has 2 amide bonds. The van der Waals surface area contributed by atoms with E-state index < -0.39 is 29.7 Å². The molecule has 0 spiro atoms. The van der Waals surface area contributed by atoms with Crippen LogP contribution in [0.4, 0.5) is 4.79 Å². The Morgan fingerprint density at radius 3 is 2.02 bits per heavy atom. The van der Waals surface area contributed by atoms with E-state index in [1.807, 2.05) is 67.6 Å². The van der Waals surface area contributed by atoms with Crippen LogP contribution < -0.4 is 10.6 Å². The monoisotopic (exact) mass is 552 g/mol. The minimum Gasteiger partial charge on any atom is -0.450 e. The average Bonchev–Trinajstić information content (AvgIpc) is 3.03. The van der Waals surface area contributed by atoms with Gasteiger partial charge in [0.15, 0.2) is 0 Å². The second kappa shape index (κ2) is 14.7. The molecule has 212 valence electrons. The van der Waals surface area contributed by atoms with Crippen molar-refractivity contribution in [1.29, 1.82) is 0 Å². The summed E-state index contributed by atoms with van der Waals surface area (Å²) < 4.78 is 5.31. The summed E-state index contributed by atoms with van der Waals surface area (Å²) in [6.07, 6.45) is 8.24. The van der Waals surface area contributed by atoms with Gasteiger partial charge in [0, 0.05) is 35.9 Å². The highest BCUT2D eigenvalue weighted by atomic mass is 16.5. The summed E-state index contributed by atoms with van der Waals surface area (Å²) in [5.41, 5.74) is 0.937. The molecule has 2 heterocycles. The van der Waals surface area contributed by atoms with Gasteiger partial charge >= 0.3 is 6.09 Å². The predicted octanol–water partition coefficient (Wildman–Crippen LogP) is 5.10. The highest BCUT2D eigenvalue weighted by Crippen LogP contribution is 2.40. The molecular weight excluding hydrogens is 516 g/mol. The van der Waals surface area contributed by atoms with E-state index in [4.69, 9.17) is 4.74 Å². The van der Waals surface area contributed by atoms with Gasteiger partial charge in [-0.3, -0.25) is 14.8 Å². The summed E-state index contributed by atoms with van der Waals surface area (Å²) in [4.78, 5) is 35.1. The number of benzene rings is 2. The van der Waals surface area contributed by atoms with Crippen LogP contribution in [0.25, 0.3) is 0 Å². The first-order chi connectivity index (χ1) is 20.0. The number of nitrogens with one attached hydrogen (secondary N) is 2. The molecule has 3 N–H and O–H groups in total. The van der Waals surface area contributed by atoms with E-state index in [2.05, 4.69) is 20.6 Å². The Hall–Kier alpha value is -4.56. The zero-order valence-electron chi connectivity index (χ0n) is 23.1. The van der Waals surface area contributed by atoms with Gasteiger partial charge in [0.1, 0.15) is 11.6 Å². The number of aliphatic hydroxyl groups is 1. The van der Waals surface area contributed by atoms with Gasteiger partial charge in [0.05, 0.1) is 12.6 Å². The molecule has 0 unspecified atom stereocenters. The highest BCUT2D eigenvalue weighted by molar-refractivity contribution is 5.86. The number of carbonyl (C=O) groups excluding carboxylic acids is 2. The third kappa shape index (κ3) is 7.77. The number of carbonyl (C=O) groups is 2. The van der Waals surface area contributed by atoms with E-state index in [-0.39, 0.29) is 6.61 Å². The number of pyridine rings is 2. The molecular formula is C33H36N4O4. The van der Waals surface area contributed by atoms with Crippen molar-refractivity contribution in [3.63, 3.8) is 0 Å². The Balaban J connectivity index is 1.69. The second-order valence-corrected chi connectivity index (χ2v) is 9.81. The minimum atomic E-state index is -1.73. The van der Waals surface area contributed by atoms with Gasteiger partial charge in [-0.15, -0.1) is 0 Å². The van der Waals surface area contributed by atoms with Crippen molar-refractivity contribution in [1.82, 2.24) is 20.6 Å². The van der Waals surface area contributed by atoms with Crippen molar-refractivity contribution in [2.45, 2.75) is 50.3 Å². The summed E-state index contributed by atoms with van der Waals surface area (Å²) in [5.74, 6) is -0.451. The van der Waals surface area contributed by atoms with Crippen molar-refractivity contribution in [3.05, 3.63) is 132 Å². The lowest BCUT2D eigenvalue weighted by atomic mass is 9.78. The molecule has 0 aliphatic heterocycles. The maximum Gasteiger partial charge on any atom is 0.407 e. The summed E-state index contributed by atoms with van der Waals surface area (Å²) in [6.45, 7) is 2.27. The molecule has 0 bridgehead atoms. The number of rotatable bonds is 13. The van der Waals surface area contributed by atoms with Crippen molar-refractivity contribution in [2.24, 2.45) is 0 Å². The van der Waals surface area contributed by atoms with Gasteiger partial charge in [0.25, 0.3) is 0 Å². The van der Waals surface area contributed by atoms with E-state index in [1.165, 1.54) is 0 Å². The molecule has 4 aromatic rings. The molecule has 4 rings (SSSR count). The maximum atomic E-state index is 14.0. The standard InChI is InChI=1S/C33H36N4O4/c1-2-3-22-41-32(39)36-29(19-18-25-12-6-4-7-13-25)31(38)37-30(26-14-8-5-9-15-26)33(40,27-16-10-20-34-23-27)28-17-11-21-35-24-28/h4-17,20-21,23-24,29-30,40H,2-3,18-19,22H2,1H3,(H,36,39)(H,37,38)/t29-,30+/m0/s1. The quantitative estimate of drug-likeness (QED) is 0.199. The molecule has 2 aromatic carbocycles. The van der Waals surface area contributed by atoms with Gasteiger partial charge in [-0.2, -0.15) is 0 Å². The average molecular weight is 553 g/mol. The van der Waals surface area contributed by atoms with E-state index >= 15 is 0 Å². The zero-order chi connectivity index (χ0) is 28.9. The molecule has 2 atom stereocenters. The Morgan fingerprint density at radius 1 is 0.854 bits per heavy atom. The van der Waals surface area contributed by atoms with Crippen LogP contribution in [-0.2, 0) is 21.6 Å². The molecule has 0 saturated carbocycles. The number of aromatic nitrogens is 2. The van der Waals surface area contributed by atoms with Crippen LogP contribution >= 0.6 is 0 Å². The molecule has 0 fully saturated rings. The second-order valence-electron chi connectivity index (χ2n) is 9.81. The Bertz CT molecular complexity index is 1320. The van der Waals surface area contributed by atoms with Crippen LogP contribution in [0.2, 0.25) is 0 Å². The first-order valence-corrected chi connectivity index (χ1v) is 13.9. The predicted molar refractivity (Wildman–Crippen MR) is 157 cm³/mol. The van der Waals surface area contributed by atoms with Crippen LogP contribution in [0, 0.1) is 0 Å². The molecule has 41 heavy (non-hydrogen) atoms. The molecule has 0 radical (unpaired) electrons. The van der Waals surface area contributed by atoms with Crippen molar-refractivity contribution in [3.8, 4) is 0 Å². The fraction of sp³-hybridized carbons (Fsp3) is 0.273. The number of unbranched alkanes of at least 4 members (excludes halogenated alkanes) is 1. The van der Waals surface area contributed by atoms with Crippen LogP contribution in [0.3, 0.4) is 0 Å². The van der Waals surface area contributed by atoms with Crippen LogP contribution in [0.5, 0.6) is 0 Å². The first kappa shape index (κ1) is 29.4. The van der Waals surface area contributed by atoms with Gasteiger partial charge in [-0.25, -0.2) is 4.79 Å². The molecule has 2 aromatic heterocycles. The van der Waals surface area contributed by atoms with Gasteiger partial charge in [-0.05, 0) is 42.5 Å². The molecule has 8 nitrogen and oxygen atoms in total. The first-order valence-electron chi connectivity index (χ1n) is 13.9. The minimum absolute atomic E-state index is 0.268. The largest absolute Gasteiger partial charge is 0.450 e. The Kier molecular flexibility index (Phi) is 10.6. The summed E-state index contributed by atoms with van der Waals surface area (Å²) in [7, 11) is 0. The molecule has 8 heteroatoms. The van der Waals surface area contributed by atoms with E-state index in [9.17, 15) is 14.7 Å². The van der Waals surface area contributed by atoms with E-state index in [0.29, 0.717) is 29.5 Å². The summed E-state index contributed by atoms with van der Waals surface area (Å²) in [5, 5.41) is 18.3. The lowest BCUT2D eigenvalue weighted by Gasteiger charge is -2.38. The fourth-order valence-electron chi connectivity index (χ4n) is 4.71. The number of aryl methyl sites for hydroxylation is 1. The van der Waals surface area contributed by atoms with Crippen molar-refractivity contribution >= 4 is 12.0 Å². The Labute approximate surface area is 240 Å². The molecule has 0 saturated heterocycles. The normalized spacial score (nSPS) is 12.6. The highest BCUT2D eigenvalue weighted by Gasteiger charge is 2.43. The van der Waals surface area contributed by atoms with Crippen LogP contribution in [0.1, 0.15) is 54.5 Å². The number of hydrogen-bond donors (Lipinski definition) is 3. The van der Waals surface area contributed by atoms with Crippen molar-refractivity contribution < 1.29 is 19.4 Å². The number of hydrogen-bond acceptors (Lipinski definition) is 6. The maximum absolute atomic E-state index is 14.0. The lowest BCUT2D eigenvalue weighted by molar-refractivity contribution is -0.126. The SMILES string of the molecule is CCCCOC(=O)N[C@@H](CCc1ccccc1)C(=O)N[C@H](c1ccccc1)C(O)(c1cccnc1)c1cccnc1. The number of ether oxygens (including phenoxy) is 1. The molecule has 0 aliphatic carbocycles. The smallest absolute Gasteiger partial charge is 0.407 e. The lowest BCUT2D eigenvalue weighted by Crippen LogP contribution is -2.52. The Morgan fingerprint density at radius 2 is 1.46 bits per heavy atom. The van der Waals surface area contributed by atoms with Gasteiger partial charge in [0.2, 0.25) is 5.91 Å². The van der Waals surface area contributed by atoms with Crippen molar-refractivity contribution in [2.75, 3.05) is 6.61 Å². The van der Waals surface area contributed by atoms with Crippen LogP contribution in [-0.4, -0.2) is 39.7 Å². The number of alkyl carbamates (subject to hydrolysis) is 1. The van der Waals surface area contributed by atoms with Crippen LogP contribution in [0.15, 0.2) is 110 Å². The number of amides is 2. The topological polar surface area (TPSA) is 113 Å².